The smallest absolute Gasteiger partial charge is 0.350 e. The molecule has 0 saturated heterocycles. The first-order chi connectivity index (χ1) is 12.8. The molecule has 1 N–H and O–H groups in total. The second-order valence-electron chi connectivity index (χ2n) is 6.98. The van der Waals surface area contributed by atoms with E-state index in [0.29, 0.717) is 22.3 Å². The van der Waals surface area contributed by atoms with Crippen molar-refractivity contribution < 1.29 is 14.3 Å². The Bertz CT molecular complexity index is 988. The van der Waals surface area contributed by atoms with Crippen LogP contribution in [0.1, 0.15) is 34.8 Å². The number of anilines is 1. The van der Waals surface area contributed by atoms with Crippen molar-refractivity contribution in [3.63, 3.8) is 0 Å². The van der Waals surface area contributed by atoms with Gasteiger partial charge in [0, 0.05) is 11.7 Å². The molecule has 0 aliphatic rings. The zero-order chi connectivity index (χ0) is 19.6. The second kappa shape index (κ2) is 7.92. The Hall–Kier alpha value is -2.67. The quantitative estimate of drug-likeness (QED) is 0.647. The minimum Gasteiger partial charge on any atom is -0.461 e. The van der Waals surface area contributed by atoms with Gasteiger partial charge in [0.1, 0.15) is 11.4 Å². The number of esters is 1. The van der Waals surface area contributed by atoms with Crippen LogP contribution in [0.5, 0.6) is 0 Å². The lowest BCUT2D eigenvalue weighted by Gasteiger charge is -2.06. The molecule has 0 bridgehead atoms. The summed E-state index contributed by atoms with van der Waals surface area (Å²) in [5.74, 6) is -0.323. The molecule has 27 heavy (non-hydrogen) atoms. The zero-order valence-electron chi connectivity index (χ0n) is 15.9. The molecule has 0 radical (unpaired) electrons. The van der Waals surface area contributed by atoms with Gasteiger partial charge < -0.3 is 14.6 Å². The van der Waals surface area contributed by atoms with Crippen molar-refractivity contribution in [3.8, 4) is 0 Å². The molecular weight excluding hydrogens is 362 g/mol. The third-order valence-electron chi connectivity index (χ3n) is 4.02. The Morgan fingerprint density at radius 3 is 2.78 bits per heavy atom. The van der Waals surface area contributed by atoms with Gasteiger partial charge in [0.05, 0.1) is 12.3 Å². The molecule has 0 aliphatic carbocycles. The van der Waals surface area contributed by atoms with Crippen LogP contribution in [0.15, 0.2) is 30.5 Å². The first-order valence-corrected chi connectivity index (χ1v) is 9.65. The molecule has 3 rings (SSSR count). The van der Waals surface area contributed by atoms with Crippen LogP contribution in [0.3, 0.4) is 0 Å². The molecule has 0 saturated carbocycles. The fourth-order valence-electron chi connectivity index (χ4n) is 2.72. The van der Waals surface area contributed by atoms with Gasteiger partial charge in [0.25, 0.3) is 0 Å². The van der Waals surface area contributed by atoms with E-state index in [1.54, 1.807) is 6.92 Å². The zero-order valence-corrected chi connectivity index (χ0v) is 16.7. The predicted molar refractivity (Wildman–Crippen MR) is 107 cm³/mol. The molecule has 1 amide bonds. The highest BCUT2D eigenvalue weighted by molar-refractivity contribution is 7.17. The Kier molecular flexibility index (Phi) is 5.60. The summed E-state index contributed by atoms with van der Waals surface area (Å²) in [6.07, 6.45) is 1.89. The summed E-state index contributed by atoms with van der Waals surface area (Å²) in [7, 11) is 0. The number of amides is 1. The number of hydrogen-bond donors (Lipinski definition) is 1. The maximum atomic E-state index is 12.4. The van der Waals surface area contributed by atoms with Gasteiger partial charge in [0.15, 0.2) is 5.13 Å². The average Bonchev–Trinajstić information content (AvgIpc) is 3.15. The summed E-state index contributed by atoms with van der Waals surface area (Å²) in [6.45, 7) is 8.27. The van der Waals surface area contributed by atoms with Gasteiger partial charge in [-0.05, 0) is 43.4 Å². The van der Waals surface area contributed by atoms with E-state index < -0.39 is 5.97 Å². The topological polar surface area (TPSA) is 73.2 Å². The lowest BCUT2D eigenvalue weighted by molar-refractivity contribution is -0.116. The number of rotatable bonds is 6. The summed E-state index contributed by atoms with van der Waals surface area (Å²) in [6, 6.07) is 8.11. The number of aromatic nitrogens is 2. The minimum absolute atomic E-state index is 0.179. The third-order valence-corrected chi connectivity index (χ3v) is 5.07. The van der Waals surface area contributed by atoms with Gasteiger partial charge in [-0.25, -0.2) is 9.78 Å². The Labute approximate surface area is 162 Å². The van der Waals surface area contributed by atoms with Crippen molar-refractivity contribution >= 4 is 39.2 Å². The highest BCUT2D eigenvalue weighted by atomic mass is 32.1. The normalized spacial score (nSPS) is 11.1. The van der Waals surface area contributed by atoms with Crippen molar-refractivity contribution in [1.82, 2.24) is 9.55 Å². The summed E-state index contributed by atoms with van der Waals surface area (Å²) in [4.78, 5) is 29.2. The van der Waals surface area contributed by atoms with Crippen molar-refractivity contribution in [3.05, 3.63) is 46.6 Å². The Balaban J connectivity index is 1.67. The Morgan fingerprint density at radius 2 is 2.04 bits per heavy atom. The number of benzene rings is 1. The van der Waals surface area contributed by atoms with Gasteiger partial charge in [-0.15, -0.1) is 0 Å². The molecule has 3 aromatic rings. The van der Waals surface area contributed by atoms with E-state index in [1.807, 2.05) is 49.7 Å². The fourth-order valence-corrected chi connectivity index (χ4v) is 3.59. The van der Waals surface area contributed by atoms with Crippen LogP contribution in [-0.2, 0) is 16.1 Å². The highest BCUT2D eigenvalue weighted by Gasteiger charge is 2.18. The van der Waals surface area contributed by atoms with Gasteiger partial charge in [-0.3, -0.25) is 4.79 Å². The minimum atomic E-state index is -0.397. The maximum Gasteiger partial charge on any atom is 0.350 e. The predicted octanol–water partition coefficient (Wildman–Crippen LogP) is 4.17. The molecular formula is C20H23N3O3S. The largest absolute Gasteiger partial charge is 0.461 e. The Morgan fingerprint density at radius 1 is 1.26 bits per heavy atom. The second-order valence-corrected chi connectivity index (χ2v) is 7.98. The number of ether oxygens (including phenoxy) is 1. The van der Waals surface area contributed by atoms with Crippen LogP contribution >= 0.6 is 11.3 Å². The third kappa shape index (κ3) is 4.54. The summed E-state index contributed by atoms with van der Waals surface area (Å²) in [5.41, 5.74) is 2.75. The molecule has 0 atom stereocenters. The van der Waals surface area contributed by atoms with E-state index in [4.69, 9.17) is 4.74 Å². The van der Waals surface area contributed by atoms with E-state index in [2.05, 4.69) is 16.4 Å². The van der Waals surface area contributed by atoms with Crippen molar-refractivity contribution in [1.29, 1.82) is 0 Å². The van der Waals surface area contributed by atoms with Crippen molar-refractivity contribution in [2.45, 2.75) is 34.2 Å². The molecule has 142 valence electrons. The number of nitrogens with one attached hydrogen (secondary N) is 1. The van der Waals surface area contributed by atoms with Gasteiger partial charge in [-0.1, -0.05) is 36.8 Å². The lowest BCUT2D eigenvalue weighted by atomic mass is 10.2. The van der Waals surface area contributed by atoms with E-state index >= 15 is 0 Å². The molecule has 0 spiro atoms. The van der Waals surface area contributed by atoms with Crippen LogP contribution in [-0.4, -0.2) is 28.0 Å². The number of aryl methyl sites for hydroxylation is 2. The highest BCUT2D eigenvalue weighted by Crippen LogP contribution is 2.24. The van der Waals surface area contributed by atoms with Crippen LogP contribution in [0.25, 0.3) is 10.9 Å². The number of thiazole rings is 1. The molecule has 0 unspecified atom stereocenters. The van der Waals surface area contributed by atoms with Crippen LogP contribution < -0.4 is 5.32 Å². The number of fused-ring (bicyclic) bond motifs is 1. The molecule has 0 aliphatic heterocycles. The summed E-state index contributed by atoms with van der Waals surface area (Å²) in [5, 5.41) is 4.28. The number of carbonyl (C=O) groups is 2. The molecule has 0 fully saturated rings. The van der Waals surface area contributed by atoms with Crippen LogP contribution in [0, 0.1) is 19.8 Å². The van der Waals surface area contributed by atoms with E-state index in [1.165, 1.54) is 5.56 Å². The van der Waals surface area contributed by atoms with Crippen molar-refractivity contribution in [2.75, 3.05) is 11.9 Å². The van der Waals surface area contributed by atoms with Gasteiger partial charge in [-0.2, -0.15) is 0 Å². The van der Waals surface area contributed by atoms with Crippen molar-refractivity contribution in [2.24, 2.45) is 5.92 Å². The maximum absolute atomic E-state index is 12.4. The van der Waals surface area contributed by atoms with E-state index in [9.17, 15) is 9.59 Å². The van der Waals surface area contributed by atoms with E-state index in [0.717, 1.165) is 22.2 Å². The van der Waals surface area contributed by atoms with Gasteiger partial charge >= 0.3 is 5.97 Å². The SMILES string of the molecule is Cc1ccc2c(ccn2CC(=O)Nc2nc(C)c(C(=O)OCC(C)C)s2)c1. The average molecular weight is 385 g/mol. The summed E-state index contributed by atoms with van der Waals surface area (Å²) >= 11 is 1.14. The molecule has 1 aromatic carbocycles. The monoisotopic (exact) mass is 385 g/mol. The standard InChI is InChI=1S/C20H23N3O3S/c1-12(2)11-26-19(25)18-14(4)21-20(27-18)22-17(24)10-23-8-7-15-9-13(3)5-6-16(15)23/h5-9,12H,10-11H2,1-4H3,(H,21,22,24). The lowest BCUT2D eigenvalue weighted by Crippen LogP contribution is -2.18. The first kappa shape index (κ1) is 19.1. The molecule has 7 heteroatoms. The van der Waals surface area contributed by atoms with Crippen LogP contribution in [0.4, 0.5) is 5.13 Å². The first-order valence-electron chi connectivity index (χ1n) is 8.83. The summed E-state index contributed by atoms with van der Waals surface area (Å²) < 4.78 is 7.14. The van der Waals surface area contributed by atoms with Crippen LogP contribution in [0.2, 0.25) is 0 Å². The molecule has 2 aromatic heterocycles. The van der Waals surface area contributed by atoms with E-state index in [-0.39, 0.29) is 18.4 Å². The molecule has 6 nitrogen and oxygen atoms in total. The number of carbonyl (C=O) groups excluding carboxylic acids is 2. The number of nitrogens with zero attached hydrogens (tertiary/aromatic N) is 2. The fraction of sp³-hybridized carbons (Fsp3) is 0.350. The van der Waals surface area contributed by atoms with Gasteiger partial charge in [0.2, 0.25) is 5.91 Å². The number of hydrogen-bond acceptors (Lipinski definition) is 5. The molecule has 2 heterocycles.